The fourth-order valence-electron chi connectivity index (χ4n) is 2.22. The third-order valence-electron chi connectivity index (χ3n) is 3.58. The third-order valence-corrected chi connectivity index (χ3v) is 3.58. The Morgan fingerprint density at radius 3 is 2.83 bits per heavy atom. The summed E-state index contributed by atoms with van der Waals surface area (Å²) < 4.78 is 0. The lowest BCUT2D eigenvalue weighted by Crippen LogP contribution is -2.28. The number of nitrogens with zero attached hydrogens (tertiary/aromatic N) is 3. The van der Waals surface area contributed by atoms with Crippen molar-refractivity contribution in [3.05, 3.63) is 24.0 Å². The van der Waals surface area contributed by atoms with Crippen molar-refractivity contribution in [3.63, 3.8) is 0 Å². The van der Waals surface area contributed by atoms with E-state index in [0.717, 1.165) is 18.2 Å². The second kappa shape index (κ2) is 4.48. The van der Waals surface area contributed by atoms with Crippen LogP contribution >= 0.6 is 0 Å². The molecule has 0 spiro atoms. The maximum atomic E-state index is 8.70. The summed E-state index contributed by atoms with van der Waals surface area (Å²) in [5.74, 6) is 0.921. The summed E-state index contributed by atoms with van der Waals surface area (Å²) in [6.45, 7) is 1.13. The highest BCUT2D eigenvalue weighted by atomic mass is 16.4. The van der Waals surface area contributed by atoms with Crippen LogP contribution in [-0.4, -0.2) is 28.6 Å². The van der Waals surface area contributed by atoms with Gasteiger partial charge in [-0.2, -0.15) is 0 Å². The first-order valence-corrected chi connectivity index (χ1v) is 6.48. The van der Waals surface area contributed by atoms with Crippen molar-refractivity contribution in [2.45, 2.75) is 31.7 Å². The molecule has 0 unspecified atom stereocenters. The van der Waals surface area contributed by atoms with Gasteiger partial charge in [0.2, 0.25) is 0 Å². The Morgan fingerprint density at radius 2 is 2.22 bits per heavy atom. The molecule has 0 aliphatic heterocycles. The third kappa shape index (κ3) is 2.39. The number of hydrogen-bond donors (Lipinski definition) is 2. The monoisotopic (exact) mass is 246 g/mol. The summed E-state index contributed by atoms with van der Waals surface area (Å²) in [5.41, 5.74) is 7.27. The summed E-state index contributed by atoms with van der Waals surface area (Å²) in [6, 6.07) is 4.60. The van der Waals surface area contributed by atoms with Gasteiger partial charge in [-0.15, -0.1) is 0 Å². The Hall–Kier alpha value is -1.78. The molecule has 2 fully saturated rings. The molecule has 1 aromatic rings. The Balaban J connectivity index is 1.83. The van der Waals surface area contributed by atoms with Crippen molar-refractivity contribution in [1.82, 2.24) is 4.98 Å². The zero-order chi connectivity index (χ0) is 12.5. The van der Waals surface area contributed by atoms with Gasteiger partial charge in [0.15, 0.2) is 5.84 Å². The first kappa shape index (κ1) is 11.3. The Labute approximate surface area is 106 Å². The fraction of sp³-hybridized carbons (Fsp3) is 0.538. The van der Waals surface area contributed by atoms with Crippen molar-refractivity contribution in [2.24, 2.45) is 16.8 Å². The molecule has 5 nitrogen and oxygen atoms in total. The van der Waals surface area contributed by atoms with E-state index < -0.39 is 0 Å². The molecule has 96 valence electrons. The van der Waals surface area contributed by atoms with Gasteiger partial charge in [-0.25, -0.2) is 0 Å². The van der Waals surface area contributed by atoms with Gasteiger partial charge >= 0.3 is 0 Å². The molecule has 2 saturated carbocycles. The first-order chi connectivity index (χ1) is 8.78. The van der Waals surface area contributed by atoms with Crippen LogP contribution < -0.4 is 10.6 Å². The van der Waals surface area contributed by atoms with Crippen LogP contribution in [0.15, 0.2) is 23.5 Å². The molecule has 2 aliphatic carbocycles. The van der Waals surface area contributed by atoms with Crippen molar-refractivity contribution in [2.75, 3.05) is 11.4 Å². The van der Waals surface area contributed by atoms with E-state index in [1.54, 1.807) is 6.20 Å². The van der Waals surface area contributed by atoms with E-state index in [9.17, 15) is 0 Å². The SMILES string of the molecule is NC(=NO)c1cc(N(CC2CC2)C2CC2)ccn1. The maximum absolute atomic E-state index is 8.70. The molecule has 18 heavy (non-hydrogen) atoms. The van der Waals surface area contributed by atoms with Gasteiger partial charge in [0, 0.05) is 24.5 Å². The highest BCUT2D eigenvalue weighted by Crippen LogP contribution is 2.37. The van der Waals surface area contributed by atoms with Crippen molar-refractivity contribution in [3.8, 4) is 0 Å². The molecule has 1 heterocycles. The highest BCUT2D eigenvalue weighted by molar-refractivity contribution is 5.95. The van der Waals surface area contributed by atoms with Gasteiger partial charge in [-0.05, 0) is 43.7 Å². The van der Waals surface area contributed by atoms with Crippen LogP contribution in [0.5, 0.6) is 0 Å². The molecule has 0 bridgehead atoms. The normalized spacial score (nSPS) is 19.9. The number of hydrogen-bond acceptors (Lipinski definition) is 4. The summed E-state index contributed by atoms with van der Waals surface area (Å²) in [5, 5.41) is 11.7. The molecule has 3 rings (SSSR count). The Kier molecular flexibility index (Phi) is 2.81. The predicted octanol–water partition coefficient (Wildman–Crippen LogP) is 1.55. The van der Waals surface area contributed by atoms with Crippen LogP contribution in [0.3, 0.4) is 0 Å². The van der Waals surface area contributed by atoms with E-state index in [2.05, 4.69) is 15.0 Å². The molecule has 2 aliphatic rings. The average molecular weight is 246 g/mol. The van der Waals surface area contributed by atoms with Crippen molar-refractivity contribution >= 4 is 11.5 Å². The molecule has 0 saturated heterocycles. The highest BCUT2D eigenvalue weighted by Gasteiger charge is 2.33. The standard InChI is InChI=1S/C13H18N4O/c14-13(16-18)12-7-11(5-6-15-12)17(10-3-4-10)8-9-1-2-9/h5-7,9-10,18H,1-4,8H2,(H2,14,16). The maximum Gasteiger partial charge on any atom is 0.188 e. The van der Waals surface area contributed by atoms with Gasteiger partial charge in [0.25, 0.3) is 0 Å². The van der Waals surface area contributed by atoms with Crippen LogP contribution in [0.1, 0.15) is 31.4 Å². The number of anilines is 1. The Bertz CT molecular complexity index is 466. The summed E-state index contributed by atoms with van der Waals surface area (Å²) in [7, 11) is 0. The van der Waals surface area contributed by atoms with E-state index in [4.69, 9.17) is 10.9 Å². The number of rotatable bonds is 5. The minimum atomic E-state index is 0.0685. The lowest BCUT2D eigenvalue weighted by atomic mass is 10.2. The fourth-order valence-corrected chi connectivity index (χ4v) is 2.22. The minimum absolute atomic E-state index is 0.0685. The Morgan fingerprint density at radius 1 is 1.44 bits per heavy atom. The van der Waals surface area contributed by atoms with Gasteiger partial charge in [0.1, 0.15) is 5.69 Å². The van der Waals surface area contributed by atoms with E-state index in [1.165, 1.54) is 25.7 Å². The van der Waals surface area contributed by atoms with Crippen LogP contribution in [-0.2, 0) is 0 Å². The second-order valence-electron chi connectivity index (χ2n) is 5.21. The molecule has 0 atom stereocenters. The lowest BCUT2D eigenvalue weighted by Gasteiger charge is -2.24. The summed E-state index contributed by atoms with van der Waals surface area (Å²) in [4.78, 5) is 6.58. The summed E-state index contributed by atoms with van der Waals surface area (Å²) in [6.07, 6.45) is 6.97. The molecule has 0 amide bonds. The predicted molar refractivity (Wildman–Crippen MR) is 69.8 cm³/mol. The van der Waals surface area contributed by atoms with E-state index in [-0.39, 0.29) is 5.84 Å². The lowest BCUT2D eigenvalue weighted by molar-refractivity contribution is 0.318. The minimum Gasteiger partial charge on any atom is -0.409 e. The van der Waals surface area contributed by atoms with Crippen molar-refractivity contribution < 1.29 is 5.21 Å². The van der Waals surface area contributed by atoms with Gasteiger partial charge in [0.05, 0.1) is 0 Å². The number of nitrogens with two attached hydrogens (primary N) is 1. The van der Waals surface area contributed by atoms with Crippen molar-refractivity contribution in [1.29, 1.82) is 0 Å². The van der Waals surface area contributed by atoms with E-state index in [1.807, 2.05) is 12.1 Å². The largest absolute Gasteiger partial charge is 0.409 e. The number of pyridine rings is 1. The molecule has 0 aromatic carbocycles. The zero-order valence-electron chi connectivity index (χ0n) is 10.3. The van der Waals surface area contributed by atoms with Crippen LogP contribution in [0, 0.1) is 5.92 Å². The molecule has 5 heteroatoms. The zero-order valence-corrected chi connectivity index (χ0v) is 10.3. The quantitative estimate of drug-likeness (QED) is 0.358. The molecule has 3 N–H and O–H groups in total. The number of oxime groups is 1. The average Bonchev–Trinajstić information content (AvgIpc) is 3.28. The summed E-state index contributed by atoms with van der Waals surface area (Å²) >= 11 is 0. The van der Waals surface area contributed by atoms with Crippen LogP contribution in [0.2, 0.25) is 0 Å². The van der Waals surface area contributed by atoms with Gasteiger partial charge in [-0.1, -0.05) is 5.16 Å². The topological polar surface area (TPSA) is 74.7 Å². The molecule has 0 radical (unpaired) electrons. The first-order valence-electron chi connectivity index (χ1n) is 6.48. The molecular formula is C13H18N4O. The smallest absolute Gasteiger partial charge is 0.188 e. The number of amidine groups is 1. The molecular weight excluding hydrogens is 228 g/mol. The van der Waals surface area contributed by atoms with E-state index in [0.29, 0.717) is 11.7 Å². The van der Waals surface area contributed by atoms with Crippen LogP contribution in [0.4, 0.5) is 5.69 Å². The van der Waals surface area contributed by atoms with E-state index >= 15 is 0 Å². The number of aromatic nitrogens is 1. The second-order valence-corrected chi connectivity index (χ2v) is 5.21. The van der Waals surface area contributed by atoms with Crippen LogP contribution in [0.25, 0.3) is 0 Å². The van der Waals surface area contributed by atoms with Gasteiger partial charge < -0.3 is 15.8 Å². The molecule has 1 aromatic heterocycles. The van der Waals surface area contributed by atoms with Gasteiger partial charge in [-0.3, -0.25) is 4.98 Å².